The zero-order valence-electron chi connectivity index (χ0n) is 12.5. The third kappa shape index (κ3) is 3.27. The number of amides is 1. The highest BCUT2D eigenvalue weighted by Gasteiger charge is 2.44. The average molecular weight is 251 g/mol. The van der Waals surface area contributed by atoms with E-state index in [1.165, 1.54) is 38.5 Å². The molecule has 2 saturated carbocycles. The van der Waals surface area contributed by atoms with Gasteiger partial charge >= 0.3 is 0 Å². The van der Waals surface area contributed by atoms with E-state index in [0.29, 0.717) is 0 Å². The van der Waals surface area contributed by atoms with Crippen molar-refractivity contribution in [2.24, 2.45) is 17.8 Å². The van der Waals surface area contributed by atoms with E-state index in [1.807, 2.05) is 0 Å². The minimum absolute atomic E-state index is 0.0223. The van der Waals surface area contributed by atoms with Crippen molar-refractivity contribution in [1.29, 1.82) is 0 Å². The van der Waals surface area contributed by atoms with Crippen LogP contribution in [0.5, 0.6) is 0 Å². The normalized spacial score (nSPS) is 29.1. The molecular formula is C16H29NO. The molecule has 2 aliphatic rings. The summed E-state index contributed by atoms with van der Waals surface area (Å²) in [5.74, 6) is 2.92. The second kappa shape index (κ2) is 5.22. The Morgan fingerprint density at radius 2 is 1.78 bits per heavy atom. The lowest BCUT2D eigenvalue weighted by Gasteiger charge is -2.35. The molecule has 2 nitrogen and oxygen atoms in total. The quantitative estimate of drug-likeness (QED) is 0.746. The zero-order chi connectivity index (χ0) is 13.3. The molecule has 2 unspecified atom stereocenters. The Morgan fingerprint density at radius 3 is 2.28 bits per heavy atom. The largest absolute Gasteiger partial charge is 0.338 e. The lowest BCUT2D eigenvalue weighted by Crippen LogP contribution is -2.45. The maximum Gasteiger partial charge on any atom is 0.219 e. The van der Waals surface area contributed by atoms with E-state index in [2.05, 4.69) is 25.7 Å². The first kappa shape index (κ1) is 13.9. The van der Waals surface area contributed by atoms with Crippen molar-refractivity contribution >= 4 is 5.91 Å². The average Bonchev–Trinajstić information content (AvgIpc) is 3.04. The molecule has 0 aromatic carbocycles. The lowest BCUT2D eigenvalue weighted by molar-refractivity contribution is -0.133. The second-order valence-electron chi connectivity index (χ2n) is 7.36. The number of carbonyl (C=O) groups excluding carboxylic acids is 1. The van der Waals surface area contributed by atoms with Gasteiger partial charge in [-0.2, -0.15) is 0 Å². The number of carbonyl (C=O) groups is 1. The number of hydrogen-bond acceptors (Lipinski definition) is 1. The minimum Gasteiger partial charge on any atom is -0.338 e. The van der Waals surface area contributed by atoms with Crippen LogP contribution in [0.15, 0.2) is 0 Å². The molecule has 0 saturated heterocycles. The highest BCUT2D eigenvalue weighted by molar-refractivity contribution is 5.74. The fourth-order valence-corrected chi connectivity index (χ4v) is 3.73. The Kier molecular flexibility index (Phi) is 4.03. The fraction of sp³-hybridized carbons (Fsp3) is 0.938. The second-order valence-corrected chi connectivity index (χ2v) is 7.36. The molecule has 0 radical (unpaired) electrons. The van der Waals surface area contributed by atoms with Gasteiger partial charge in [0.15, 0.2) is 0 Å². The van der Waals surface area contributed by atoms with Gasteiger partial charge in [0.1, 0.15) is 0 Å². The van der Waals surface area contributed by atoms with Crippen molar-refractivity contribution in [1.82, 2.24) is 4.90 Å². The monoisotopic (exact) mass is 251 g/mol. The minimum atomic E-state index is -0.0223. The third-order valence-corrected chi connectivity index (χ3v) is 4.84. The molecule has 0 spiro atoms. The molecule has 2 fully saturated rings. The number of nitrogens with zero attached hydrogens (tertiary/aromatic N) is 1. The van der Waals surface area contributed by atoms with Crippen LogP contribution < -0.4 is 0 Å². The summed E-state index contributed by atoms with van der Waals surface area (Å²) in [6, 6.07) is 0. The predicted octanol–water partition coefficient (Wildman–Crippen LogP) is 3.85. The summed E-state index contributed by atoms with van der Waals surface area (Å²) in [7, 11) is 0. The standard InChI is InChI=1S/C16H29NO/c1-12(18)17(16(2,3)4)11-14-10-15(14)13-8-6-5-7-9-13/h13-15H,5-11H2,1-4H3. The highest BCUT2D eigenvalue weighted by atomic mass is 16.2. The number of hydrogen-bond donors (Lipinski definition) is 0. The van der Waals surface area contributed by atoms with Gasteiger partial charge in [-0.25, -0.2) is 0 Å². The molecular weight excluding hydrogens is 222 g/mol. The Morgan fingerprint density at radius 1 is 1.17 bits per heavy atom. The topological polar surface area (TPSA) is 20.3 Å². The summed E-state index contributed by atoms with van der Waals surface area (Å²) in [4.78, 5) is 13.8. The Labute approximate surface area is 112 Å². The summed E-state index contributed by atoms with van der Waals surface area (Å²) < 4.78 is 0. The van der Waals surface area contributed by atoms with Crippen LogP contribution in [0.1, 0.15) is 66.2 Å². The van der Waals surface area contributed by atoms with Gasteiger partial charge < -0.3 is 4.90 Å². The van der Waals surface area contributed by atoms with Gasteiger partial charge in [-0.15, -0.1) is 0 Å². The van der Waals surface area contributed by atoms with Crippen molar-refractivity contribution in [3.05, 3.63) is 0 Å². The molecule has 0 heterocycles. The molecule has 2 atom stereocenters. The SMILES string of the molecule is CC(=O)N(CC1CC1C1CCCCC1)C(C)(C)C. The van der Waals surface area contributed by atoms with Crippen molar-refractivity contribution in [3.63, 3.8) is 0 Å². The van der Waals surface area contributed by atoms with Crippen molar-refractivity contribution in [2.45, 2.75) is 71.8 Å². The van der Waals surface area contributed by atoms with Gasteiger partial charge in [-0.05, 0) is 44.9 Å². The molecule has 1 amide bonds. The van der Waals surface area contributed by atoms with Gasteiger partial charge in [-0.1, -0.05) is 32.1 Å². The van der Waals surface area contributed by atoms with Crippen LogP contribution in [0.2, 0.25) is 0 Å². The van der Waals surface area contributed by atoms with E-state index >= 15 is 0 Å². The van der Waals surface area contributed by atoms with Gasteiger partial charge in [0, 0.05) is 19.0 Å². The molecule has 0 aromatic rings. The molecule has 18 heavy (non-hydrogen) atoms. The van der Waals surface area contributed by atoms with Crippen LogP contribution in [-0.4, -0.2) is 22.9 Å². The van der Waals surface area contributed by atoms with Crippen LogP contribution in [0, 0.1) is 17.8 Å². The van der Waals surface area contributed by atoms with Crippen LogP contribution in [0.3, 0.4) is 0 Å². The van der Waals surface area contributed by atoms with Gasteiger partial charge in [-0.3, -0.25) is 4.79 Å². The van der Waals surface area contributed by atoms with Crippen LogP contribution in [0.25, 0.3) is 0 Å². The summed E-state index contributed by atoms with van der Waals surface area (Å²) in [5.41, 5.74) is -0.0223. The van der Waals surface area contributed by atoms with Gasteiger partial charge in [0.25, 0.3) is 0 Å². The number of rotatable bonds is 3. The van der Waals surface area contributed by atoms with Crippen LogP contribution in [0.4, 0.5) is 0 Å². The third-order valence-electron chi connectivity index (χ3n) is 4.84. The summed E-state index contributed by atoms with van der Waals surface area (Å²) >= 11 is 0. The maximum atomic E-state index is 11.8. The smallest absolute Gasteiger partial charge is 0.219 e. The first-order chi connectivity index (χ1) is 8.39. The highest BCUT2D eigenvalue weighted by Crippen LogP contribution is 2.50. The fourth-order valence-electron chi connectivity index (χ4n) is 3.73. The van der Waals surface area contributed by atoms with Crippen molar-refractivity contribution in [2.75, 3.05) is 6.54 Å². The Hall–Kier alpha value is -0.530. The van der Waals surface area contributed by atoms with Gasteiger partial charge in [0.2, 0.25) is 5.91 Å². The van der Waals surface area contributed by atoms with E-state index in [0.717, 1.165) is 24.3 Å². The zero-order valence-corrected chi connectivity index (χ0v) is 12.5. The molecule has 2 rings (SSSR count). The van der Waals surface area contributed by atoms with E-state index in [4.69, 9.17) is 0 Å². The maximum absolute atomic E-state index is 11.8. The van der Waals surface area contributed by atoms with E-state index in [9.17, 15) is 4.79 Å². The van der Waals surface area contributed by atoms with Crippen LogP contribution >= 0.6 is 0 Å². The summed E-state index contributed by atoms with van der Waals surface area (Å²) in [6.07, 6.45) is 8.56. The Bertz CT molecular complexity index is 299. The van der Waals surface area contributed by atoms with Crippen molar-refractivity contribution in [3.8, 4) is 0 Å². The molecule has 0 aromatic heterocycles. The lowest BCUT2D eigenvalue weighted by atomic mass is 9.85. The molecule has 0 aliphatic heterocycles. The summed E-state index contributed by atoms with van der Waals surface area (Å²) in [6.45, 7) is 9.13. The molecule has 104 valence electrons. The van der Waals surface area contributed by atoms with E-state index in [1.54, 1.807) is 6.92 Å². The van der Waals surface area contributed by atoms with Crippen LogP contribution in [-0.2, 0) is 4.79 Å². The first-order valence-electron chi connectivity index (χ1n) is 7.68. The molecule has 2 aliphatic carbocycles. The Balaban J connectivity index is 1.85. The van der Waals surface area contributed by atoms with E-state index < -0.39 is 0 Å². The van der Waals surface area contributed by atoms with E-state index in [-0.39, 0.29) is 11.4 Å². The van der Waals surface area contributed by atoms with Gasteiger partial charge in [0.05, 0.1) is 0 Å². The molecule has 0 N–H and O–H groups in total. The summed E-state index contributed by atoms with van der Waals surface area (Å²) in [5, 5.41) is 0. The first-order valence-corrected chi connectivity index (χ1v) is 7.68. The predicted molar refractivity (Wildman–Crippen MR) is 75.3 cm³/mol. The molecule has 0 bridgehead atoms. The molecule has 2 heteroatoms. The van der Waals surface area contributed by atoms with Crippen molar-refractivity contribution < 1.29 is 4.79 Å².